The summed E-state index contributed by atoms with van der Waals surface area (Å²) < 4.78 is 24.3. The smallest absolute Gasteiger partial charge is 0.164 e. The largest absolute Gasteiger partial charge is 0.315 e. The third-order valence-electron chi connectivity index (χ3n) is 4.60. The zero-order valence-corrected chi connectivity index (χ0v) is 18.9. The van der Waals surface area contributed by atoms with Crippen LogP contribution in [0.5, 0.6) is 0 Å². The molecular formula is C18H14Cl4N2O2S2. The number of rotatable bonds is 3. The highest BCUT2D eigenvalue weighted by molar-refractivity contribution is 8.13. The standard InChI is InChI=1S/C18H14Cl4N2O2S2/c19-11-2-1-10(15(22)6-11)7-27-18-23-16-8-28(25,26)9-17(16)24(18)14-4-12(20)3-13(21)5-14/h1-6,16-17H,7-9H2. The van der Waals surface area contributed by atoms with E-state index in [1.54, 1.807) is 30.3 Å². The second-order valence-electron chi connectivity index (χ2n) is 6.65. The van der Waals surface area contributed by atoms with Gasteiger partial charge in [-0.15, -0.1) is 0 Å². The number of thioether (sulfide) groups is 1. The van der Waals surface area contributed by atoms with E-state index in [1.807, 2.05) is 11.0 Å². The van der Waals surface area contributed by atoms with Crippen molar-refractivity contribution in [3.8, 4) is 0 Å². The van der Waals surface area contributed by atoms with Gasteiger partial charge in [0.25, 0.3) is 0 Å². The predicted molar refractivity (Wildman–Crippen MR) is 120 cm³/mol. The number of amidine groups is 1. The minimum absolute atomic E-state index is 0.0498. The second kappa shape index (κ2) is 7.89. The van der Waals surface area contributed by atoms with Gasteiger partial charge in [0.1, 0.15) is 0 Å². The molecule has 148 valence electrons. The van der Waals surface area contributed by atoms with Gasteiger partial charge in [0, 0.05) is 31.5 Å². The van der Waals surface area contributed by atoms with Crippen LogP contribution in [0.4, 0.5) is 5.69 Å². The molecule has 0 aliphatic carbocycles. The molecule has 0 aromatic heterocycles. The quantitative estimate of drug-likeness (QED) is 0.558. The van der Waals surface area contributed by atoms with Crippen molar-refractivity contribution in [2.24, 2.45) is 4.99 Å². The van der Waals surface area contributed by atoms with Gasteiger partial charge in [-0.1, -0.05) is 64.2 Å². The van der Waals surface area contributed by atoms with Crippen molar-refractivity contribution in [2.75, 3.05) is 16.4 Å². The van der Waals surface area contributed by atoms with Crippen molar-refractivity contribution in [3.05, 3.63) is 62.1 Å². The molecule has 2 atom stereocenters. The van der Waals surface area contributed by atoms with Gasteiger partial charge < -0.3 is 4.90 Å². The number of benzene rings is 2. The molecule has 0 radical (unpaired) electrons. The molecule has 2 heterocycles. The van der Waals surface area contributed by atoms with E-state index in [2.05, 4.69) is 0 Å². The van der Waals surface area contributed by atoms with Crippen molar-refractivity contribution >= 4 is 78.9 Å². The zero-order valence-electron chi connectivity index (χ0n) is 14.3. The van der Waals surface area contributed by atoms with Crippen molar-refractivity contribution in [1.82, 2.24) is 0 Å². The number of aliphatic imine (C=N–C) groups is 1. The lowest BCUT2D eigenvalue weighted by Gasteiger charge is -2.27. The lowest BCUT2D eigenvalue weighted by atomic mass is 10.1. The Labute approximate surface area is 187 Å². The van der Waals surface area contributed by atoms with Gasteiger partial charge in [-0.3, -0.25) is 4.99 Å². The van der Waals surface area contributed by atoms with Crippen LogP contribution < -0.4 is 4.90 Å². The number of hydrogen-bond donors (Lipinski definition) is 0. The highest BCUT2D eigenvalue weighted by Gasteiger charge is 2.47. The summed E-state index contributed by atoms with van der Waals surface area (Å²) in [6, 6.07) is 9.98. The number of fused-ring (bicyclic) bond motifs is 1. The van der Waals surface area contributed by atoms with Crippen LogP contribution in [0.25, 0.3) is 0 Å². The van der Waals surface area contributed by atoms with Gasteiger partial charge in [0.2, 0.25) is 0 Å². The van der Waals surface area contributed by atoms with E-state index < -0.39 is 9.84 Å². The monoisotopic (exact) mass is 494 g/mol. The average Bonchev–Trinajstić information content (AvgIpc) is 3.04. The van der Waals surface area contributed by atoms with Gasteiger partial charge in [0.05, 0.1) is 23.6 Å². The summed E-state index contributed by atoms with van der Waals surface area (Å²) in [5, 5.41) is 2.86. The van der Waals surface area contributed by atoms with Crippen LogP contribution in [-0.2, 0) is 15.6 Å². The van der Waals surface area contributed by atoms with E-state index in [1.165, 1.54) is 11.8 Å². The van der Waals surface area contributed by atoms with Crippen LogP contribution in [0.2, 0.25) is 20.1 Å². The molecule has 2 aliphatic rings. The molecule has 2 unspecified atom stereocenters. The Bertz CT molecular complexity index is 1060. The maximum atomic E-state index is 12.1. The van der Waals surface area contributed by atoms with Crippen LogP contribution in [0.3, 0.4) is 0 Å². The first-order chi connectivity index (χ1) is 13.2. The van der Waals surface area contributed by atoms with E-state index in [4.69, 9.17) is 51.4 Å². The fourth-order valence-electron chi connectivity index (χ4n) is 3.39. The third-order valence-corrected chi connectivity index (χ3v) is 8.34. The number of sulfone groups is 1. The molecule has 2 aromatic rings. The van der Waals surface area contributed by atoms with Crippen LogP contribution in [0, 0.1) is 0 Å². The lowest BCUT2D eigenvalue weighted by molar-refractivity contribution is 0.601. The van der Waals surface area contributed by atoms with Crippen molar-refractivity contribution in [2.45, 2.75) is 17.8 Å². The van der Waals surface area contributed by atoms with Gasteiger partial charge >= 0.3 is 0 Å². The first-order valence-corrected chi connectivity index (χ1v) is 12.6. The normalized spacial score (nSPS) is 23.0. The maximum Gasteiger partial charge on any atom is 0.164 e. The minimum atomic E-state index is -3.13. The summed E-state index contributed by atoms with van der Waals surface area (Å²) in [4.78, 5) is 6.63. The molecule has 1 saturated heterocycles. The molecule has 0 saturated carbocycles. The first-order valence-electron chi connectivity index (χ1n) is 8.32. The third kappa shape index (κ3) is 4.27. The molecule has 0 amide bonds. The number of halogens is 4. The van der Waals surface area contributed by atoms with Crippen molar-refractivity contribution < 1.29 is 8.42 Å². The summed E-state index contributed by atoms with van der Waals surface area (Å²) in [6.45, 7) is 0. The molecule has 0 bridgehead atoms. The molecule has 4 nitrogen and oxygen atoms in total. The lowest BCUT2D eigenvalue weighted by Crippen LogP contribution is -2.39. The molecule has 2 aliphatic heterocycles. The van der Waals surface area contributed by atoms with Crippen LogP contribution >= 0.6 is 58.2 Å². The summed E-state index contributed by atoms with van der Waals surface area (Å²) in [6.07, 6.45) is 0. The molecule has 2 aromatic carbocycles. The SMILES string of the molecule is O=S1(=O)CC2N=C(SCc3ccc(Cl)cc3Cl)N(c3cc(Cl)cc(Cl)c3)C2C1. The highest BCUT2D eigenvalue weighted by atomic mass is 35.5. The van der Waals surface area contributed by atoms with Crippen LogP contribution in [0.15, 0.2) is 41.4 Å². The summed E-state index contributed by atoms with van der Waals surface area (Å²) in [5.41, 5.74) is 1.66. The van der Waals surface area contributed by atoms with E-state index in [0.29, 0.717) is 25.8 Å². The molecular weight excluding hydrogens is 482 g/mol. The second-order valence-corrected chi connectivity index (χ2v) is 11.5. The molecule has 4 rings (SSSR count). The van der Waals surface area contributed by atoms with Crippen LogP contribution in [-0.4, -0.2) is 37.2 Å². The molecule has 10 heteroatoms. The fraction of sp³-hybridized carbons (Fsp3) is 0.278. The number of anilines is 1. The van der Waals surface area contributed by atoms with Gasteiger partial charge in [-0.2, -0.15) is 0 Å². The van der Waals surface area contributed by atoms with Gasteiger partial charge in [-0.25, -0.2) is 8.42 Å². The molecule has 28 heavy (non-hydrogen) atoms. The maximum absolute atomic E-state index is 12.1. The van der Waals surface area contributed by atoms with Crippen LogP contribution in [0.1, 0.15) is 5.56 Å². The Morgan fingerprint density at radius 2 is 1.71 bits per heavy atom. The molecule has 0 N–H and O–H groups in total. The Morgan fingerprint density at radius 1 is 1.00 bits per heavy atom. The Balaban J connectivity index is 1.65. The van der Waals surface area contributed by atoms with Gasteiger partial charge in [0.15, 0.2) is 15.0 Å². The van der Waals surface area contributed by atoms with E-state index in [9.17, 15) is 8.42 Å². The number of hydrogen-bond acceptors (Lipinski definition) is 5. The Kier molecular flexibility index (Phi) is 5.82. The molecule has 1 fully saturated rings. The minimum Gasteiger partial charge on any atom is -0.315 e. The fourth-order valence-corrected chi connectivity index (χ4v) is 7.43. The van der Waals surface area contributed by atoms with Crippen molar-refractivity contribution in [3.63, 3.8) is 0 Å². The van der Waals surface area contributed by atoms with E-state index >= 15 is 0 Å². The van der Waals surface area contributed by atoms with Gasteiger partial charge in [-0.05, 0) is 35.9 Å². The topological polar surface area (TPSA) is 49.7 Å². The highest BCUT2D eigenvalue weighted by Crippen LogP contribution is 2.38. The summed E-state index contributed by atoms with van der Waals surface area (Å²) >= 11 is 26.1. The average molecular weight is 496 g/mol. The summed E-state index contributed by atoms with van der Waals surface area (Å²) in [5.74, 6) is 0.678. The zero-order chi connectivity index (χ0) is 20.1. The van der Waals surface area contributed by atoms with Crippen molar-refractivity contribution in [1.29, 1.82) is 0 Å². The molecule has 0 spiro atoms. The summed E-state index contributed by atoms with van der Waals surface area (Å²) in [7, 11) is -3.13. The number of nitrogens with zero attached hydrogens (tertiary/aromatic N) is 2. The Morgan fingerprint density at radius 3 is 2.39 bits per heavy atom. The predicted octanol–water partition coefficient (Wildman–Crippen LogP) is 5.58. The van der Waals surface area contributed by atoms with E-state index in [-0.39, 0.29) is 23.6 Å². The Hall–Kier alpha value is -0.630. The first kappa shape index (κ1) is 20.6. The van der Waals surface area contributed by atoms with E-state index in [0.717, 1.165) is 16.4 Å².